The Morgan fingerprint density at radius 1 is 0.789 bits per heavy atom. The summed E-state index contributed by atoms with van der Waals surface area (Å²) in [4.78, 5) is 47.5. The number of hydrogen-bond donors (Lipinski definition) is 9. The zero-order valence-electron chi connectivity index (χ0n) is 20.4. The normalized spacial score (nSPS) is 10.7. The summed E-state index contributed by atoms with van der Waals surface area (Å²) in [6.07, 6.45) is 0.269. The molecule has 0 saturated heterocycles. The van der Waals surface area contributed by atoms with Gasteiger partial charge in [0.2, 0.25) is 0 Å². The third-order valence-corrected chi connectivity index (χ3v) is 5.62. The Morgan fingerprint density at radius 2 is 1.42 bits per heavy atom. The second-order valence-corrected chi connectivity index (χ2v) is 8.52. The lowest BCUT2D eigenvalue weighted by Gasteiger charge is -2.03. The number of carbonyl (C=O) groups is 3. The number of rotatable bonds is 10. The van der Waals surface area contributed by atoms with Gasteiger partial charge in [-0.05, 0) is 48.5 Å². The highest BCUT2D eigenvalue weighted by molar-refractivity contribution is 6.08. The fourth-order valence-corrected chi connectivity index (χ4v) is 3.79. The average Bonchev–Trinajstić information content (AvgIpc) is 3.49. The average molecular weight is 517 g/mol. The highest BCUT2D eigenvalue weighted by Gasteiger charge is 2.14. The smallest absolute Gasteiger partial charge is 0.272 e. The molecule has 0 bridgehead atoms. The van der Waals surface area contributed by atoms with Gasteiger partial charge in [-0.3, -0.25) is 24.8 Å². The molecule has 0 spiro atoms. The van der Waals surface area contributed by atoms with Crippen molar-refractivity contribution in [1.82, 2.24) is 20.6 Å². The lowest BCUT2D eigenvalue weighted by atomic mass is 10.1. The molecule has 3 amide bonds. The lowest BCUT2D eigenvalue weighted by molar-refractivity contribution is 0.0944. The molecule has 12 N–H and O–H groups in total. The number of carbonyl (C=O) groups excluding carboxylic acids is 3. The number of H-pyrrole nitrogens is 2. The van der Waals surface area contributed by atoms with E-state index in [-0.39, 0.29) is 55.6 Å². The Balaban J connectivity index is 1.42. The van der Waals surface area contributed by atoms with Crippen molar-refractivity contribution >= 4 is 57.0 Å². The number of guanidine groups is 1. The number of nitrogens with zero attached hydrogens (tertiary/aromatic N) is 1. The van der Waals surface area contributed by atoms with E-state index in [9.17, 15) is 14.4 Å². The zero-order valence-corrected chi connectivity index (χ0v) is 20.4. The first-order valence-electron chi connectivity index (χ1n) is 11.7. The van der Waals surface area contributed by atoms with Gasteiger partial charge in [0.1, 0.15) is 11.4 Å². The van der Waals surface area contributed by atoms with Gasteiger partial charge in [0.25, 0.3) is 17.7 Å². The summed E-state index contributed by atoms with van der Waals surface area (Å²) in [6, 6.07) is 13.7. The molecule has 2 heterocycles. The van der Waals surface area contributed by atoms with Crippen LogP contribution in [-0.2, 0) is 0 Å². The van der Waals surface area contributed by atoms with Crippen molar-refractivity contribution in [3.05, 3.63) is 65.5 Å². The second-order valence-electron chi connectivity index (χ2n) is 8.52. The minimum atomic E-state index is -0.360. The predicted octanol–water partition coefficient (Wildman–Crippen LogP) is 0.961. The minimum absolute atomic E-state index is 0.000719. The number of hydrogen-bond acceptors (Lipinski definition) is 5. The molecule has 0 radical (unpaired) electrons. The molecule has 13 nitrogen and oxygen atoms in total. The van der Waals surface area contributed by atoms with Crippen LogP contribution in [0.2, 0.25) is 0 Å². The van der Waals surface area contributed by atoms with Gasteiger partial charge >= 0.3 is 0 Å². The van der Waals surface area contributed by atoms with Crippen molar-refractivity contribution in [2.75, 3.05) is 25.0 Å². The van der Waals surface area contributed by atoms with Crippen LogP contribution in [0.3, 0.4) is 0 Å². The number of aromatic nitrogens is 2. The molecule has 2 aromatic carbocycles. The molecule has 2 aromatic heterocycles. The Morgan fingerprint density at radius 3 is 2.11 bits per heavy atom. The molecule has 0 aliphatic carbocycles. The van der Waals surface area contributed by atoms with Gasteiger partial charge in [-0.2, -0.15) is 0 Å². The van der Waals surface area contributed by atoms with Crippen molar-refractivity contribution in [3.63, 3.8) is 0 Å². The second kappa shape index (κ2) is 11.2. The summed E-state index contributed by atoms with van der Waals surface area (Å²) in [6.45, 7) is 0.822. The summed E-state index contributed by atoms with van der Waals surface area (Å²) in [7, 11) is 0. The molecule has 0 aliphatic heterocycles. The van der Waals surface area contributed by atoms with E-state index >= 15 is 0 Å². The Hall–Kier alpha value is -5.33. The first-order chi connectivity index (χ1) is 18.2. The van der Waals surface area contributed by atoms with Gasteiger partial charge < -0.3 is 43.1 Å². The number of anilines is 1. The third-order valence-electron chi connectivity index (χ3n) is 5.62. The van der Waals surface area contributed by atoms with Crippen LogP contribution in [0.15, 0.2) is 53.5 Å². The zero-order chi connectivity index (χ0) is 27.2. The highest BCUT2D eigenvalue weighted by atomic mass is 16.2. The molecule has 4 rings (SSSR count). The van der Waals surface area contributed by atoms with E-state index < -0.39 is 0 Å². The van der Waals surface area contributed by atoms with Crippen molar-refractivity contribution in [3.8, 4) is 0 Å². The number of nitrogens with one attached hydrogen (secondary N) is 6. The van der Waals surface area contributed by atoms with Crippen LogP contribution in [0.4, 0.5) is 5.69 Å². The Labute approximate surface area is 216 Å². The summed E-state index contributed by atoms with van der Waals surface area (Å²) in [5.41, 5.74) is 18.9. The number of aliphatic imine (C=N–C) groups is 1. The first-order valence-corrected chi connectivity index (χ1v) is 11.7. The van der Waals surface area contributed by atoms with Gasteiger partial charge in [0.15, 0.2) is 5.96 Å². The fraction of sp³-hybridized carbons (Fsp3) is 0.160. The summed E-state index contributed by atoms with van der Waals surface area (Å²) in [5, 5.41) is 16.9. The number of benzene rings is 2. The Bertz CT molecular complexity index is 1560. The topological polar surface area (TPSA) is 233 Å². The van der Waals surface area contributed by atoms with E-state index in [4.69, 9.17) is 22.6 Å². The van der Waals surface area contributed by atoms with E-state index in [0.29, 0.717) is 33.5 Å². The van der Waals surface area contributed by atoms with Crippen LogP contribution in [0, 0.1) is 5.41 Å². The van der Waals surface area contributed by atoms with Crippen molar-refractivity contribution in [2.45, 2.75) is 6.42 Å². The molecule has 0 saturated carbocycles. The van der Waals surface area contributed by atoms with Crippen LogP contribution in [0.5, 0.6) is 0 Å². The highest BCUT2D eigenvalue weighted by Crippen LogP contribution is 2.22. The first kappa shape index (κ1) is 25.8. The van der Waals surface area contributed by atoms with E-state index in [1.165, 1.54) is 0 Å². The number of amides is 3. The standard InChI is InChI=1S/C25H28N10O3/c26-21(27)5-6-30-23(37)19-12-15-10-16(2-4-18(15)34-19)33-24(38)20-11-14-9-13(1-3-17(14)35-20)22(36)31-7-8-32-25(28)29/h1-4,9-12,34-35H,5-8H2,(H3,26,27)(H,30,37)(H,31,36)(H,33,38)(H4,28,29,32). The molecular weight excluding hydrogens is 488 g/mol. The van der Waals surface area contributed by atoms with Crippen LogP contribution in [0.25, 0.3) is 21.8 Å². The predicted molar refractivity (Wildman–Crippen MR) is 146 cm³/mol. The van der Waals surface area contributed by atoms with Gasteiger partial charge in [-0.15, -0.1) is 0 Å². The summed E-state index contributed by atoms with van der Waals surface area (Å²) in [5.74, 6) is -0.994. The number of fused-ring (bicyclic) bond motifs is 2. The number of nitrogens with two attached hydrogens (primary N) is 3. The molecule has 0 fully saturated rings. The van der Waals surface area contributed by atoms with Crippen molar-refractivity contribution < 1.29 is 14.4 Å². The van der Waals surface area contributed by atoms with E-state index in [1.54, 1.807) is 48.5 Å². The molecule has 4 aromatic rings. The Kier molecular flexibility index (Phi) is 7.56. The number of aromatic amines is 2. The fourth-order valence-electron chi connectivity index (χ4n) is 3.79. The maximum Gasteiger partial charge on any atom is 0.272 e. The number of amidine groups is 1. The molecule has 38 heavy (non-hydrogen) atoms. The molecule has 196 valence electrons. The maximum absolute atomic E-state index is 12.9. The van der Waals surface area contributed by atoms with E-state index in [2.05, 4.69) is 30.9 Å². The molecular formula is C25H28N10O3. The van der Waals surface area contributed by atoms with Crippen LogP contribution < -0.4 is 33.2 Å². The SMILES string of the molecule is N=C(N)CCNC(=O)c1cc2cc(NC(=O)c3cc4cc(C(=O)NCCN=C(N)N)ccc4[nH]3)ccc2[nH]1. The van der Waals surface area contributed by atoms with Crippen LogP contribution in [-0.4, -0.2) is 59.1 Å². The van der Waals surface area contributed by atoms with Gasteiger partial charge in [-0.25, -0.2) is 0 Å². The van der Waals surface area contributed by atoms with Gasteiger partial charge in [0.05, 0.1) is 12.4 Å². The van der Waals surface area contributed by atoms with Gasteiger partial charge in [-0.1, -0.05) is 0 Å². The van der Waals surface area contributed by atoms with Gasteiger partial charge in [0, 0.05) is 52.6 Å². The van der Waals surface area contributed by atoms with Crippen LogP contribution >= 0.6 is 0 Å². The summed E-state index contributed by atoms with van der Waals surface area (Å²) < 4.78 is 0. The molecule has 0 aliphatic rings. The molecule has 0 unspecified atom stereocenters. The molecule has 0 atom stereocenters. The molecule has 13 heteroatoms. The third kappa shape index (κ3) is 6.26. The minimum Gasteiger partial charge on any atom is -0.388 e. The maximum atomic E-state index is 12.9. The van der Waals surface area contributed by atoms with E-state index in [0.717, 1.165) is 10.9 Å². The van der Waals surface area contributed by atoms with E-state index in [1.807, 2.05) is 0 Å². The van der Waals surface area contributed by atoms with Crippen LogP contribution in [0.1, 0.15) is 37.8 Å². The quantitative estimate of drug-likeness (QED) is 0.0845. The largest absolute Gasteiger partial charge is 0.388 e. The summed E-state index contributed by atoms with van der Waals surface area (Å²) >= 11 is 0. The van der Waals surface area contributed by atoms with Crippen molar-refractivity contribution in [1.29, 1.82) is 5.41 Å². The van der Waals surface area contributed by atoms with Crippen molar-refractivity contribution in [2.24, 2.45) is 22.2 Å². The monoisotopic (exact) mass is 516 g/mol. The lowest BCUT2D eigenvalue weighted by Crippen LogP contribution is -2.28.